The molecule has 2 atom stereocenters. The Morgan fingerprint density at radius 3 is 2.41 bits per heavy atom. The number of nitrogens with one attached hydrogen (secondary N) is 1. The number of halogens is 3. The van der Waals surface area contributed by atoms with Crippen LogP contribution in [0.25, 0.3) is 0 Å². The van der Waals surface area contributed by atoms with Gasteiger partial charge in [0.25, 0.3) is 0 Å². The molecule has 186 valence electrons. The van der Waals surface area contributed by atoms with Crippen LogP contribution in [0.5, 0.6) is 5.75 Å². The van der Waals surface area contributed by atoms with E-state index in [4.69, 9.17) is 9.88 Å². The van der Waals surface area contributed by atoms with Gasteiger partial charge in [-0.1, -0.05) is 18.2 Å². The van der Waals surface area contributed by atoms with Gasteiger partial charge >= 0.3 is 6.18 Å². The summed E-state index contributed by atoms with van der Waals surface area (Å²) in [5.74, 6) is -0.101. The maximum Gasteiger partial charge on any atom is 0.416 e. The zero-order valence-electron chi connectivity index (χ0n) is 19.1. The summed E-state index contributed by atoms with van der Waals surface area (Å²) in [7, 11) is -3.80. The number of alkyl halides is 3. The van der Waals surface area contributed by atoms with Crippen LogP contribution < -0.4 is 15.2 Å². The molecule has 34 heavy (non-hydrogen) atoms. The molecule has 0 spiro atoms. The highest BCUT2D eigenvalue weighted by Gasteiger charge is 2.40. The van der Waals surface area contributed by atoms with E-state index in [2.05, 4.69) is 5.32 Å². The maximum absolute atomic E-state index is 13.0. The predicted molar refractivity (Wildman–Crippen MR) is 121 cm³/mol. The number of nitrogens with zero attached hydrogens (tertiary/aromatic N) is 1. The number of carbonyl (C=O) groups is 1. The number of rotatable bonds is 7. The van der Waals surface area contributed by atoms with Crippen molar-refractivity contribution in [1.82, 2.24) is 10.2 Å². The molecule has 11 heteroatoms. The molecule has 1 aliphatic heterocycles. The summed E-state index contributed by atoms with van der Waals surface area (Å²) in [6, 6.07) is 10.3. The number of hydrogen-bond donors (Lipinski definition) is 2. The first kappa shape index (κ1) is 26.0. The van der Waals surface area contributed by atoms with Crippen molar-refractivity contribution in [1.29, 1.82) is 0 Å². The minimum Gasteiger partial charge on any atom is -0.489 e. The van der Waals surface area contributed by atoms with E-state index in [0.29, 0.717) is 25.1 Å². The second-order valence-electron chi connectivity index (χ2n) is 8.87. The average molecular weight is 500 g/mol. The second-order valence-corrected chi connectivity index (χ2v) is 10.4. The van der Waals surface area contributed by atoms with Gasteiger partial charge in [-0.05, 0) is 63.1 Å². The third-order valence-electron chi connectivity index (χ3n) is 6.01. The standard InChI is InChI=1S/C23H28F3N3O4S/c1-15(16-7-9-20(10-8-16)34(27,31)32)28-21(30)22(2,3)29-12-11-19(14-29)33-18-6-4-5-17(13-18)23(24,25)26/h4-10,13,15,19H,11-12,14H2,1-3H3,(H,28,30)(H2,27,31,32)/t15-,19+/m0/s1. The van der Waals surface area contributed by atoms with E-state index in [-0.39, 0.29) is 28.7 Å². The Hall–Kier alpha value is -2.63. The number of hydrogen-bond acceptors (Lipinski definition) is 5. The Kier molecular flexibility index (Phi) is 7.30. The first-order valence-corrected chi connectivity index (χ1v) is 12.3. The van der Waals surface area contributed by atoms with Crippen LogP contribution >= 0.6 is 0 Å². The summed E-state index contributed by atoms with van der Waals surface area (Å²) < 4.78 is 67.4. The molecule has 3 rings (SSSR count). The minimum atomic E-state index is -4.45. The lowest BCUT2D eigenvalue weighted by Crippen LogP contribution is -2.54. The maximum atomic E-state index is 13.0. The van der Waals surface area contributed by atoms with Gasteiger partial charge in [-0.3, -0.25) is 9.69 Å². The second kappa shape index (κ2) is 9.55. The van der Waals surface area contributed by atoms with Crippen LogP contribution in [0.4, 0.5) is 13.2 Å². The van der Waals surface area contributed by atoms with Crippen molar-refractivity contribution < 1.29 is 31.1 Å². The van der Waals surface area contributed by atoms with Crippen LogP contribution in [0.15, 0.2) is 53.4 Å². The van der Waals surface area contributed by atoms with Crippen molar-refractivity contribution in [2.24, 2.45) is 5.14 Å². The molecule has 0 radical (unpaired) electrons. The van der Waals surface area contributed by atoms with Crippen molar-refractivity contribution in [3.8, 4) is 5.75 Å². The Morgan fingerprint density at radius 1 is 1.18 bits per heavy atom. The van der Waals surface area contributed by atoms with Gasteiger partial charge in [-0.25, -0.2) is 13.6 Å². The zero-order chi connectivity index (χ0) is 25.3. The highest BCUT2D eigenvalue weighted by Crippen LogP contribution is 2.32. The van der Waals surface area contributed by atoms with E-state index >= 15 is 0 Å². The molecule has 0 unspecified atom stereocenters. The number of carbonyl (C=O) groups excluding carboxylic acids is 1. The molecule has 2 aromatic carbocycles. The van der Waals surface area contributed by atoms with Gasteiger partial charge in [-0.15, -0.1) is 0 Å². The topological polar surface area (TPSA) is 102 Å². The Bertz CT molecular complexity index is 1130. The predicted octanol–water partition coefficient (Wildman–Crippen LogP) is 3.46. The van der Waals surface area contributed by atoms with Gasteiger partial charge < -0.3 is 10.1 Å². The van der Waals surface area contributed by atoms with E-state index in [1.165, 1.54) is 24.3 Å². The number of amides is 1. The monoisotopic (exact) mass is 499 g/mol. The fourth-order valence-corrected chi connectivity index (χ4v) is 4.33. The molecule has 0 saturated carbocycles. The normalized spacial score (nSPS) is 18.5. The number of ether oxygens (including phenoxy) is 1. The SMILES string of the molecule is C[C@H](NC(=O)C(C)(C)N1CC[C@@H](Oc2cccc(C(F)(F)F)c2)C1)c1ccc(S(N)(=O)=O)cc1. The third kappa shape index (κ3) is 6.08. The van der Waals surface area contributed by atoms with Gasteiger partial charge in [0, 0.05) is 13.1 Å². The molecule has 0 bridgehead atoms. The summed E-state index contributed by atoms with van der Waals surface area (Å²) in [5, 5.41) is 8.05. The van der Waals surface area contributed by atoms with Crippen LogP contribution in [0.3, 0.4) is 0 Å². The van der Waals surface area contributed by atoms with E-state index in [0.717, 1.165) is 12.1 Å². The van der Waals surface area contributed by atoms with Crippen molar-refractivity contribution >= 4 is 15.9 Å². The number of nitrogens with two attached hydrogens (primary N) is 1. The zero-order valence-corrected chi connectivity index (χ0v) is 19.9. The smallest absolute Gasteiger partial charge is 0.416 e. The van der Waals surface area contributed by atoms with Gasteiger partial charge in [0.15, 0.2) is 0 Å². The van der Waals surface area contributed by atoms with E-state index in [1.807, 2.05) is 4.90 Å². The molecule has 0 aromatic heterocycles. The number of likely N-dealkylation sites (tertiary alicyclic amines) is 1. The number of benzene rings is 2. The highest BCUT2D eigenvalue weighted by molar-refractivity contribution is 7.89. The van der Waals surface area contributed by atoms with Crippen LogP contribution in [-0.4, -0.2) is 44.0 Å². The molecule has 1 amide bonds. The lowest BCUT2D eigenvalue weighted by Gasteiger charge is -2.35. The van der Waals surface area contributed by atoms with Crippen LogP contribution in [0, 0.1) is 0 Å². The summed E-state index contributed by atoms with van der Waals surface area (Å²) in [4.78, 5) is 15.0. The Balaban J connectivity index is 1.61. The molecule has 2 aromatic rings. The summed E-state index contributed by atoms with van der Waals surface area (Å²) in [6.45, 7) is 6.25. The van der Waals surface area contributed by atoms with Gasteiger partial charge in [0.05, 0.1) is 22.0 Å². The quantitative estimate of drug-likeness (QED) is 0.608. The van der Waals surface area contributed by atoms with Gasteiger partial charge in [-0.2, -0.15) is 13.2 Å². The molecule has 1 heterocycles. The molecule has 7 nitrogen and oxygen atoms in total. The molecular formula is C23H28F3N3O4S. The van der Waals surface area contributed by atoms with Crippen LogP contribution in [-0.2, 0) is 21.0 Å². The van der Waals surface area contributed by atoms with E-state index in [1.54, 1.807) is 32.9 Å². The van der Waals surface area contributed by atoms with E-state index in [9.17, 15) is 26.4 Å². The van der Waals surface area contributed by atoms with Crippen molar-refractivity contribution in [2.45, 2.75) is 55.9 Å². The lowest BCUT2D eigenvalue weighted by molar-refractivity contribution is -0.137. The fraction of sp³-hybridized carbons (Fsp3) is 0.435. The van der Waals surface area contributed by atoms with E-state index < -0.39 is 27.3 Å². The first-order valence-electron chi connectivity index (χ1n) is 10.7. The number of primary sulfonamides is 1. The summed E-state index contributed by atoms with van der Waals surface area (Å²) in [6.07, 6.45) is -4.23. The van der Waals surface area contributed by atoms with Crippen molar-refractivity contribution in [3.63, 3.8) is 0 Å². The van der Waals surface area contributed by atoms with Crippen molar-refractivity contribution in [3.05, 3.63) is 59.7 Å². The largest absolute Gasteiger partial charge is 0.489 e. The minimum absolute atomic E-state index is 0.0148. The van der Waals surface area contributed by atoms with Crippen LogP contribution in [0.1, 0.15) is 44.4 Å². The fourth-order valence-electron chi connectivity index (χ4n) is 3.82. The van der Waals surface area contributed by atoms with Gasteiger partial charge in [0.2, 0.25) is 15.9 Å². The molecule has 1 aliphatic rings. The average Bonchev–Trinajstić information content (AvgIpc) is 3.22. The lowest BCUT2D eigenvalue weighted by atomic mass is 10.0. The van der Waals surface area contributed by atoms with Crippen molar-refractivity contribution in [2.75, 3.05) is 13.1 Å². The molecular weight excluding hydrogens is 471 g/mol. The van der Waals surface area contributed by atoms with Crippen LogP contribution in [0.2, 0.25) is 0 Å². The number of sulfonamides is 1. The highest BCUT2D eigenvalue weighted by atomic mass is 32.2. The Morgan fingerprint density at radius 2 is 1.82 bits per heavy atom. The molecule has 1 saturated heterocycles. The Labute approximate surface area is 197 Å². The third-order valence-corrected chi connectivity index (χ3v) is 6.94. The molecule has 3 N–H and O–H groups in total. The molecule has 1 fully saturated rings. The molecule has 0 aliphatic carbocycles. The summed E-state index contributed by atoms with van der Waals surface area (Å²) in [5.41, 5.74) is -0.963. The first-order chi connectivity index (χ1) is 15.7. The van der Waals surface area contributed by atoms with Gasteiger partial charge in [0.1, 0.15) is 11.9 Å². The summed E-state index contributed by atoms with van der Waals surface area (Å²) >= 11 is 0.